The zero-order valence-electron chi connectivity index (χ0n) is 10.1. The van der Waals surface area contributed by atoms with Crippen molar-refractivity contribution in [3.8, 4) is 0 Å². The van der Waals surface area contributed by atoms with E-state index in [-0.39, 0.29) is 0 Å². The Hall–Kier alpha value is -0.300. The first-order valence-electron chi connectivity index (χ1n) is 5.74. The van der Waals surface area contributed by atoms with Gasteiger partial charge >= 0.3 is 15.6 Å². The summed E-state index contributed by atoms with van der Waals surface area (Å²) in [6, 6.07) is 0. The maximum atomic E-state index is 12.1. The highest BCUT2D eigenvalue weighted by atomic mass is 32.2. The molecule has 0 fully saturated rings. The van der Waals surface area contributed by atoms with Crippen LogP contribution in [0.4, 0.5) is 13.2 Å². The van der Waals surface area contributed by atoms with Gasteiger partial charge in [0.15, 0.2) is 0 Å². The predicted octanol–water partition coefficient (Wildman–Crippen LogP) is 3.60. The van der Waals surface area contributed by atoms with Gasteiger partial charge in [-0.05, 0) is 12.8 Å². The first-order valence-corrected chi connectivity index (χ1v) is 7.15. The Labute approximate surface area is 100 Å². The minimum absolute atomic E-state index is 0.318. The minimum Gasteiger partial charge on any atom is -0.260 e. The molecule has 0 heterocycles. The Kier molecular flexibility index (Phi) is 7.08. The molecule has 0 aliphatic rings. The van der Waals surface area contributed by atoms with Crippen molar-refractivity contribution >= 4 is 10.1 Å². The zero-order valence-corrected chi connectivity index (χ0v) is 10.9. The van der Waals surface area contributed by atoms with Crippen LogP contribution < -0.4 is 0 Å². The lowest BCUT2D eigenvalue weighted by Gasteiger charge is -2.17. The van der Waals surface area contributed by atoms with Crippen molar-refractivity contribution in [3.05, 3.63) is 0 Å². The second-order valence-electron chi connectivity index (χ2n) is 3.90. The topological polar surface area (TPSA) is 43.4 Å². The van der Waals surface area contributed by atoms with Gasteiger partial charge in [-0.25, -0.2) is 0 Å². The fourth-order valence-corrected chi connectivity index (χ4v) is 2.08. The van der Waals surface area contributed by atoms with Crippen LogP contribution in [-0.2, 0) is 14.3 Å². The van der Waals surface area contributed by atoms with E-state index in [1.807, 2.05) is 6.92 Å². The highest BCUT2D eigenvalue weighted by Gasteiger charge is 2.48. The van der Waals surface area contributed by atoms with Crippen molar-refractivity contribution in [1.29, 1.82) is 0 Å². The summed E-state index contributed by atoms with van der Waals surface area (Å²) >= 11 is 0. The molecule has 0 rings (SSSR count). The summed E-state index contributed by atoms with van der Waals surface area (Å²) < 4.78 is 62.2. The summed E-state index contributed by atoms with van der Waals surface area (Å²) in [6.45, 7) is 3.73. The van der Waals surface area contributed by atoms with Gasteiger partial charge in [0.1, 0.15) is 0 Å². The zero-order chi connectivity index (χ0) is 13.5. The number of unbranched alkanes of at least 4 members (excludes halogenated alkanes) is 2. The Morgan fingerprint density at radius 2 is 1.65 bits per heavy atom. The lowest BCUT2D eigenvalue weighted by molar-refractivity contribution is -0.0579. The molecule has 0 radical (unpaired) electrons. The summed E-state index contributed by atoms with van der Waals surface area (Å²) in [5.41, 5.74) is -5.33. The highest BCUT2D eigenvalue weighted by molar-refractivity contribution is 7.87. The first-order chi connectivity index (χ1) is 7.74. The molecule has 1 atom stereocenters. The number of alkyl halides is 3. The average molecular weight is 276 g/mol. The molecule has 0 spiro atoms. The van der Waals surface area contributed by atoms with Gasteiger partial charge in [-0.3, -0.25) is 4.18 Å². The quantitative estimate of drug-likeness (QED) is 0.386. The third-order valence-electron chi connectivity index (χ3n) is 2.29. The average Bonchev–Trinajstić information content (AvgIpc) is 2.16. The van der Waals surface area contributed by atoms with Crippen molar-refractivity contribution in [3.63, 3.8) is 0 Å². The smallest absolute Gasteiger partial charge is 0.260 e. The van der Waals surface area contributed by atoms with Gasteiger partial charge in [0.25, 0.3) is 0 Å². The number of halogens is 3. The molecule has 0 aliphatic heterocycles. The second-order valence-corrected chi connectivity index (χ2v) is 5.47. The SMILES string of the molecule is CCCCCC(CCC)OS(=O)(=O)C(F)(F)F. The Morgan fingerprint density at radius 1 is 1.06 bits per heavy atom. The Balaban J connectivity index is 4.43. The summed E-state index contributed by atoms with van der Waals surface area (Å²) in [5.74, 6) is 0. The van der Waals surface area contributed by atoms with Crippen LogP contribution in [0.1, 0.15) is 52.4 Å². The fourth-order valence-electron chi connectivity index (χ4n) is 1.42. The molecule has 0 amide bonds. The van der Waals surface area contributed by atoms with Gasteiger partial charge in [0, 0.05) is 0 Å². The van der Waals surface area contributed by atoms with Gasteiger partial charge in [0.2, 0.25) is 0 Å². The van der Waals surface area contributed by atoms with Gasteiger partial charge in [-0.2, -0.15) is 21.6 Å². The van der Waals surface area contributed by atoms with Crippen molar-refractivity contribution in [2.24, 2.45) is 0 Å². The summed E-state index contributed by atoms with van der Waals surface area (Å²) in [5, 5.41) is 0. The number of hydrogen-bond donors (Lipinski definition) is 0. The maximum Gasteiger partial charge on any atom is 0.523 e. The highest BCUT2D eigenvalue weighted by Crippen LogP contribution is 2.27. The largest absolute Gasteiger partial charge is 0.523 e. The lowest BCUT2D eigenvalue weighted by atomic mass is 10.1. The molecule has 0 saturated carbocycles. The molecule has 17 heavy (non-hydrogen) atoms. The van der Waals surface area contributed by atoms with E-state index in [0.29, 0.717) is 25.7 Å². The molecule has 104 valence electrons. The van der Waals surface area contributed by atoms with Crippen LogP contribution in [0.3, 0.4) is 0 Å². The van der Waals surface area contributed by atoms with Crippen molar-refractivity contribution < 1.29 is 25.8 Å². The summed E-state index contributed by atoms with van der Waals surface area (Å²) in [4.78, 5) is 0. The predicted molar refractivity (Wildman–Crippen MR) is 58.9 cm³/mol. The monoisotopic (exact) mass is 276 g/mol. The van der Waals surface area contributed by atoms with Crippen LogP contribution in [0.2, 0.25) is 0 Å². The Bertz CT molecular complexity index is 298. The van der Waals surface area contributed by atoms with Gasteiger partial charge in [-0.15, -0.1) is 0 Å². The third-order valence-corrected chi connectivity index (χ3v) is 3.38. The first kappa shape index (κ1) is 16.7. The molecular weight excluding hydrogens is 257 g/mol. The van der Waals surface area contributed by atoms with Crippen molar-refractivity contribution in [1.82, 2.24) is 0 Å². The van der Waals surface area contributed by atoms with E-state index < -0.39 is 21.7 Å². The van der Waals surface area contributed by atoms with Crippen molar-refractivity contribution in [2.45, 2.75) is 64.0 Å². The normalized spacial score (nSPS) is 14.9. The standard InChI is InChI=1S/C10H19F3O3S/c1-3-5-6-8-9(7-4-2)16-17(14,15)10(11,12)13/h9H,3-8H2,1-2H3. The van der Waals surface area contributed by atoms with Crippen LogP contribution in [0.15, 0.2) is 0 Å². The molecule has 1 unspecified atom stereocenters. The van der Waals surface area contributed by atoms with E-state index in [1.54, 1.807) is 6.92 Å². The van der Waals surface area contributed by atoms with E-state index in [4.69, 9.17) is 0 Å². The molecule has 0 N–H and O–H groups in total. The number of rotatable bonds is 8. The van der Waals surface area contributed by atoms with E-state index in [9.17, 15) is 21.6 Å². The van der Waals surface area contributed by atoms with Gasteiger partial charge < -0.3 is 0 Å². The lowest BCUT2D eigenvalue weighted by Crippen LogP contribution is -2.30. The maximum absolute atomic E-state index is 12.1. The molecular formula is C10H19F3O3S. The van der Waals surface area contributed by atoms with Gasteiger partial charge in [-0.1, -0.05) is 39.5 Å². The molecule has 7 heteroatoms. The summed E-state index contributed by atoms with van der Waals surface area (Å²) in [6.07, 6.45) is 2.84. The van der Waals surface area contributed by atoms with Crippen LogP contribution in [-0.4, -0.2) is 20.0 Å². The van der Waals surface area contributed by atoms with E-state index in [1.165, 1.54) is 0 Å². The Morgan fingerprint density at radius 3 is 2.06 bits per heavy atom. The molecule has 3 nitrogen and oxygen atoms in total. The third kappa shape index (κ3) is 6.26. The van der Waals surface area contributed by atoms with Crippen LogP contribution >= 0.6 is 0 Å². The molecule has 0 bridgehead atoms. The molecule has 0 aromatic rings. The molecule has 0 aromatic carbocycles. The van der Waals surface area contributed by atoms with Crippen LogP contribution in [0.5, 0.6) is 0 Å². The molecule has 0 saturated heterocycles. The minimum atomic E-state index is -5.46. The van der Waals surface area contributed by atoms with E-state index >= 15 is 0 Å². The fraction of sp³-hybridized carbons (Fsp3) is 1.00. The summed E-state index contributed by atoms with van der Waals surface area (Å²) in [7, 11) is -5.46. The van der Waals surface area contributed by atoms with E-state index in [0.717, 1.165) is 12.8 Å². The van der Waals surface area contributed by atoms with Gasteiger partial charge in [0.05, 0.1) is 6.10 Å². The van der Waals surface area contributed by atoms with E-state index in [2.05, 4.69) is 4.18 Å². The van der Waals surface area contributed by atoms with Crippen LogP contribution in [0.25, 0.3) is 0 Å². The second kappa shape index (κ2) is 7.20. The number of hydrogen-bond acceptors (Lipinski definition) is 3. The van der Waals surface area contributed by atoms with Crippen molar-refractivity contribution in [2.75, 3.05) is 0 Å². The molecule has 0 aromatic heterocycles. The van der Waals surface area contributed by atoms with Crippen LogP contribution in [0, 0.1) is 0 Å². The molecule has 0 aliphatic carbocycles.